The summed E-state index contributed by atoms with van der Waals surface area (Å²) in [6, 6.07) is 8.95. The number of carbonyl (C=O) groups is 1. The molecule has 3 rings (SSSR count). The van der Waals surface area contributed by atoms with Gasteiger partial charge in [0.05, 0.1) is 6.20 Å². The van der Waals surface area contributed by atoms with Crippen LogP contribution in [0.3, 0.4) is 0 Å². The van der Waals surface area contributed by atoms with Gasteiger partial charge in [-0.15, -0.1) is 0 Å². The number of aryl methyl sites for hydroxylation is 2. The highest BCUT2D eigenvalue weighted by molar-refractivity contribution is 5.76. The largest absolute Gasteiger partial charge is 0.371 e. The standard InChI is InChI=1S/C19H26N4O/c1-15-4-2-6-18(12-15)23-10-8-17(9-11-23)22-19(24)7-3-5-16-13-20-21-14-16/h2,4,6,12-14,17H,3,5,7-11H2,1H3,(H,20,21)(H,22,24). The van der Waals surface area contributed by atoms with Crippen molar-refractivity contribution in [1.29, 1.82) is 0 Å². The third kappa shape index (κ3) is 4.60. The van der Waals surface area contributed by atoms with Crippen molar-refractivity contribution in [2.75, 3.05) is 18.0 Å². The Morgan fingerprint density at radius 2 is 2.21 bits per heavy atom. The molecule has 128 valence electrons. The second kappa shape index (κ2) is 7.99. The summed E-state index contributed by atoms with van der Waals surface area (Å²) < 4.78 is 0. The lowest BCUT2D eigenvalue weighted by atomic mass is 10.0. The van der Waals surface area contributed by atoms with E-state index in [9.17, 15) is 4.79 Å². The van der Waals surface area contributed by atoms with Crippen molar-refractivity contribution in [3.63, 3.8) is 0 Å². The topological polar surface area (TPSA) is 61.0 Å². The Hall–Kier alpha value is -2.30. The molecule has 24 heavy (non-hydrogen) atoms. The smallest absolute Gasteiger partial charge is 0.220 e. The first-order chi connectivity index (χ1) is 11.7. The number of rotatable bonds is 6. The van der Waals surface area contributed by atoms with Gasteiger partial charge in [-0.3, -0.25) is 9.89 Å². The number of amides is 1. The molecule has 0 saturated carbocycles. The van der Waals surface area contributed by atoms with Gasteiger partial charge in [0.2, 0.25) is 5.91 Å². The van der Waals surface area contributed by atoms with Crippen molar-refractivity contribution in [1.82, 2.24) is 15.5 Å². The number of H-pyrrole nitrogens is 1. The van der Waals surface area contributed by atoms with E-state index in [1.807, 2.05) is 12.4 Å². The Morgan fingerprint density at radius 1 is 1.38 bits per heavy atom. The van der Waals surface area contributed by atoms with E-state index < -0.39 is 0 Å². The molecule has 5 nitrogen and oxygen atoms in total. The van der Waals surface area contributed by atoms with Crippen LogP contribution in [0.15, 0.2) is 36.7 Å². The summed E-state index contributed by atoms with van der Waals surface area (Å²) >= 11 is 0. The van der Waals surface area contributed by atoms with Gasteiger partial charge in [0, 0.05) is 37.4 Å². The number of hydrogen-bond acceptors (Lipinski definition) is 3. The van der Waals surface area contributed by atoms with Gasteiger partial charge in [-0.1, -0.05) is 12.1 Å². The second-order valence-electron chi connectivity index (χ2n) is 6.63. The number of hydrogen-bond donors (Lipinski definition) is 2. The molecule has 1 aliphatic heterocycles. The van der Waals surface area contributed by atoms with Gasteiger partial charge in [-0.05, 0) is 55.9 Å². The van der Waals surface area contributed by atoms with Crippen LogP contribution in [0.25, 0.3) is 0 Å². The highest BCUT2D eigenvalue weighted by Gasteiger charge is 2.20. The molecular weight excluding hydrogens is 300 g/mol. The molecule has 1 amide bonds. The zero-order valence-corrected chi connectivity index (χ0v) is 14.3. The molecule has 0 radical (unpaired) electrons. The maximum atomic E-state index is 12.1. The summed E-state index contributed by atoms with van der Waals surface area (Å²) in [5.41, 5.74) is 3.75. The lowest BCUT2D eigenvalue weighted by Gasteiger charge is -2.34. The average Bonchev–Trinajstić information content (AvgIpc) is 3.09. The zero-order valence-electron chi connectivity index (χ0n) is 14.3. The van der Waals surface area contributed by atoms with Crippen LogP contribution in [-0.4, -0.2) is 35.2 Å². The fourth-order valence-electron chi connectivity index (χ4n) is 3.27. The normalized spacial score (nSPS) is 15.5. The summed E-state index contributed by atoms with van der Waals surface area (Å²) in [5, 5.41) is 9.91. The first kappa shape index (κ1) is 16.6. The number of carbonyl (C=O) groups excluding carboxylic acids is 1. The number of nitrogens with one attached hydrogen (secondary N) is 2. The summed E-state index contributed by atoms with van der Waals surface area (Å²) in [5.74, 6) is 0.174. The highest BCUT2D eigenvalue weighted by Crippen LogP contribution is 2.21. The molecule has 2 aromatic rings. The molecule has 1 aromatic carbocycles. The van der Waals surface area contributed by atoms with Gasteiger partial charge in [0.15, 0.2) is 0 Å². The van der Waals surface area contributed by atoms with Crippen molar-refractivity contribution >= 4 is 11.6 Å². The van der Waals surface area contributed by atoms with E-state index in [1.165, 1.54) is 11.3 Å². The fraction of sp³-hybridized carbons (Fsp3) is 0.474. The molecule has 1 fully saturated rings. The van der Waals surface area contributed by atoms with E-state index in [1.54, 1.807) is 0 Å². The molecule has 2 N–H and O–H groups in total. The van der Waals surface area contributed by atoms with Gasteiger partial charge >= 0.3 is 0 Å². The molecule has 0 aliphatic carbocycles. The summed E-state index contributed by atoms with van der Waals surface area (Å²) in [6.07, 6.45) is 8.09. The number of aromatic nitrogens is 2. The fourth-order valence-corrected chi connectivity index (χ4v) is 3.27. The van der Waals surface area contributed by atoms with Crippen LogP contribution in [-0.2, 0) is 11.2 Å². The van der Waals surface area contributed by atoms with E-state index in [-0.39, 0.29) is 5.91 Å². The van der Waals surface area contributed by atoms with E-state index in [0.29, 0.717) is 12.5 Å². The number of nitrogens with zero attached hydrogens (tertiary/aromatic N) is 2. The third-order valence-corrected chi connectivity index (χ3v) is 4.65. The molecule has 2 heterocycles. The maximum Gasteiger partial charge on any atom is 0.220 e. The van der Waals surface area contributed by atoms with Crippen LogP contribution in [0.5, 0.6) is 0 Å². The Morgan fingerprint density at radius 3 is 2.92 bits per heavy atom. The summed E-state index contributed by atoms with van der Waals surface area (Å²) in [4.78, 5) is 14.5. The van der Waals surface area contributed by atoms with Crippen LogP contribution >= 0.6 is 0 Å². The van der Waals surface area contributed by atoms with Gasteiger partial charge < -0.3 is 10.2 Å². The minimum absolute atomic E-state index is 0.174. The van der Waals surface area contributed by atoms with E-state index in [2.05, 4.69) is 51.6 Å². The van der Waals surface area contributed by atoms with Crippen LogP contribution in [0.4, 0.5) is 5.69 Å². The molecule has 0 bridgehead atoms. The quantitative estimate of drug-likeness (QED) is 0.858. The number of anilines is 1. The molecule has 0 spiro atoms. The maximum absolute atomic E-state index is 12.1. The number of benzene rings is 1. The van der Waals surface area contributed by atoms with Crippen LogP contribution in [0.1, 0.15) is 36.8 Å². The first-order valence-corrected chi connectivity index (χ1v) is 8.79. The van der Waals surface area contributed by atoms with E-state index >= 15 is 0 Å². The average molecular weight is 326 g/mol. The van der Waals surface area contributed by atoms with Gasteiger partial charge in [0.25, 0.3) is 0 Å². The highest BCUT2D eigenvalue weighted by atomic mass is 16.1. The van der Waals surface area contributed by atoms with E-state index in [0.717, 1.165) is 44.3 Å². The SMILES string of the molecule is Cc1cccc(N2CCC(NC(=O)CCCc3cn[nH]c3)CC2)c1. The van der Waals surface area contributed by atoms with Crippen molar-refractivity contribution in [3.05, 3.63) is 47.8 Å². The molecule has 1 aromatic heterocycles. The van der Waals surface area contributed by atoms with Crippen LogP contribution < -0.4 is 10.2 Å². The van der Waals surface area contributed by atoms with Gasteiger partial charge in [0.1, 0.15) is 0 Å². The lowest BCUT2D eigenvalue weighted by Crippen LogP contribution is -2.44. The molecule has 0 unspecified atom stereocenters. The van der Waals surface area contributed by atoms with E-state index in [4.69, 9.17) is 0 Å². The number of piperidine rings is 1. The Labute approximate surface area is 143 Å². The van der Waals surface area contributed by atoms with Crippen molar-refractivity contribution in [2.24, 2.45) is 0 Å². The summed E-state index contributed by atoms with van der Waals surface area (Å²) in [6.45, 7) is 4.13. The minimum atomic E-state index is 0.174. The summed E-state index contributed by atoms with van der Waals surface area (Å²) in [7, 11) is 0. The molecule has 5 heteroatoms. The van der Waals surface area contributed by atoms with Crippen LogP contribution in [0, 0.1) is 6.92 Å². The van der Waals surface area contributed by atoms with Crippen molar-refractivity contribution in [2.45, 2.75) is 45.1 Å². The molecule has 0 atom stereocenters. The second-order valence-corrected chi connectivity index (χ2v) is 6.63. The molecule has 1 saturated heterocycles. The molecule has 1 aliphatic rings. The Balaban J connectivity index is 1.38. The molecular formula is C19H26N4O. The van der Waals surface area contributed by atoms with Crippen LogP contribution in [0.2, 0.25) is 0 Å². The van der Waals surface area contributed by atoms with Gasteiger partial charge in [-0.25, -0.2) is 0 Å². The third-order valence-electron chi connectivity index (χ3n) is 4.65. The zero-order chi connectivity index (χ0) is 16.8. The monoisotopic (exact) mass is 326 g/mol. The Kier molecular flexibility index (Phi) is 5.51. The van der Waals surface area contributed by atoms with Crippen molar-refractivity contribution < 1.29 is 4.79 Å². The predicted octanol–water partition coefficient (Wildman–Crippen LogP) is 2.83. The number of aromatic amines is 1. The van der Waals surface area contributed by atoms with Gasteiger partial charge in [-0.2, -0.15) is 5.10 Å². The first-order valence-electron chi connectivity index (χ1n) is 8.79. The predicted molar refractivity (Wildman–Crippen MR) is 96.1 cm³/mol. The van der Waals surface area contributed by atoms with Crippen molar-refractivity contribution in [3.8, 4) is 0 Å². The lowest BCUT2D eigenvalue weighted by molar-refractivity contribution is -0.122. The minimum Gasteiger partial charge on any atom is -0.371 e. The Bertz CT molecular complexity index is 645.